The number of benzene rings is 4. The summed E-state index contributed by atoms with van der Waals surface area (Å²) < 4.78 is 23.7. The van der Waals surface area contributed by atoms with Crippen LogP contribution in [-0.4, -0.2) is 36.0 Å². The minimum Gasteiger partial charge on any atom is -0.496 e. The lowest BCUT2D eigenvalue weighted by Crippen LogP contribution is -2.34. The Hall–Kier alpha value is -5.20. The zero-order chi connectivity index (χ0) is 33.6. The van der Waals surface area contributed by atoms with Crippen molar-refractivity contribution in [1.82, 2.24) is 9.97 Å². The van der Waals surface area contributed by atoms with E-state index >= 15 is 0 Å². The predicted molar refractivity (Wildman–Crippen MR) is 188 cm³/mol. The summed E-state index contributed by atoms with van der Waals surface area (Å²) in [6.45, 7) is 0. The Kier molecular flexibility index (Phi) is 10.0. The Morgan fingerprint density at radius 3 is 1.62 bits per heavy atom. The monoisotopic (exact) mass is 770 g/mol. The third kappa shape index (κ3) is 7.19. The Morgan fingerprint density at radius 1 is 0.646 bits per heavy atom. The van der Waals surface area contributed by atoms with Crippen molar-refractivity contribution in [3.8, 4) is 34.1 Å². The van der Waals surface area contributed by atoms with Crippen LogP contribution in [0.5, 0.6) is 11.5 Å². The van der Waals surface area contributed by atoms with Crippen molar-refractivity contribution in [2.24, 2.45) is 0 Å². The summed E-state index contributed by atoms with van der Waals surface area (Å²) in [4.78, 5) is 36.8. The topological polar surface area (TPSA) is 129 Å². The molecule has 2 aromatic heterocycles. The maximum Gasteiger partial charge on any atom is 0.233 e. The van der Waals surface area contributed by atoms with E-state index in [1.807, 2.05) is 48.5 Å². The lowest BCUT2D eigenvalue weighted by molar-refractivity contribution is -0.124. The van der Waals surface area contributed by atoms with Crippen LogP contribution >= 0.6 is 31.9 Å². The van der Waals surface area contributed by atoms with E-state index in [9.17, 15) is 9.59 Å². The number of rotatable bonds is 11. The van der Waals surface area contributed by atoms with Gasteiger partial charge in [-0.2, -0.15) is 0 Å². The predicted octanol–water partition coefficient (Wildman–Crippen LogP) is 8.68. The summed E-state index contributed by atoms with van der Waals surface area (Å²) >= 11 is 7.03. The molecule has 0 aliphatic heterocycles. The lowest BCUT2D eigenvalue weighted by atomic mass is 9.80. The van der Waals surface area contributed by atoms with Crippen LogP contribution in [0, 0.1) is 0 Å². The van der Waals surface area contributed by atoms with Crippen LogP contribution in [-0.2, 0) is 9.59 Å². The second-order valence-electron chi connectivity index (χ2n) is 10.6. The van der Waals surface area contributed by atoms with Gasteiger partial charge in [0.2, 0.25) is 11.8 Å². The third-order valence-electron chi connectivity index (χ3n) is 7.67. The Balaban J connectivity index is 1.39. The molecule has 0 bridgehead atoms. The van der Waals surface area contributed by atoms with Crippen molar-refractivity contribution in [3.63, 3.8) is 0 Å². The van der Waals surface area contributed by atoms with Crippen molar-refractivity contribution in [3.05, 3.63) is 130 Å². The van der Waals surface area contributed by atoms with Crippen LogP contribution in [0.4, 0.5) is 11.4 Å². The first kappa shape index (κ1) is 32.7. The molecule has 2 amide bonds. The molecular weight excluding hydrogens is 744 g/mol. The standard InChI is InChI=1S/C36H28Br2N4O6/c1-45-29-15-25(10-12-27(29)31-17-39-19-47-31)41-35(43)33(21-6-8-23(37)9-7-21)34(22-4-3-5-24(38)14-22)36(44)42-26-11-13-28(30(16-26)46-2)32-18-40-20-48-32/h3-20,33-34H,1-2H3,(H,41,43)(H,42,44). The number of ether oxygens (including phenoxy) is 2. The van der Waals surface area contributed by atoms with E-state index in [4.69, 9.17) is 18.3 Å². The van der Waals surface area contributed by atoms with Crippen LogP contribution in [0.25, 0.3) is 22.6 Å². The molecule has 0 fully saturated rings. The molecule has 0 aliphatic rings. The van der Waals surface area contributed by atoms with E-state index < -0.39 is 23.7 Å². The van der Waals surface area contributed by atoms with E-state index in [0.29, 0.717) is 56.6 Å². The summed E-state index contributed by atoms with van der Waals surface area (Å²) in [5.74, 6) is -0.707. The zero-order valence-corrected chi connectivity index (χ0v) is 28.8. The van der Waals surface area contributed by atoms with Crippen molar-refractivity contribution in [2.45, 2.75) is 11.8 Å². The molecule has 48 heavy (non-hydrogen) atoms. The number of hydrogen-bond donors (Lipinski definition) is 2. The molecule has 0 saturated carbocycles. The second kappa shape index (κ2) is 14.7. The third-order valence-corrected chi connectivity index (χ3v) is 8.69. The van der Waals surface area contributed by atoms with E-state index in [0.717, 1.165) is 8.95 Å². The summed E-state index contributed by atoms with van der Waals surface area (Å²) in [6.07, 6.45) is 5.83. The van der Waals surface area contributed by atoms with Crippen molar-refractivity contribution >= 4 is 55.0 Å². The summed E-state index contributed by atoms with van der Waals surface area (Å²) in [7, 11) is 3.07. The van der Waals surface area contributed by atoms with Gasteiger partial charge in [-0.1, -0.05) is 56.1 Å². The second-order valence-corrected chi connectivity index (χ2v) is 12.4. The van der Waals surface area contributed by atoms with E-state index in [1.165, 1.54) is 27.0 Å². The number of oxazole rings is 2. The van der Waals surface area contributed by atoms with Gasteiger partial charge in [0.05, 0.1) is 49.6 Å². The highest BCUT2D eigenvalue weighted by Crippen LogP contribution is 2.39. The van der Waals surface area contributed by atoms with Gasteiger partial charge in [-0.05, 0) is 59.7 Å². The molecule has 2 heterocycles. The van der Waals surface area contributed by atoms with Gasteiger partial charge in [-0.15, -0.1) is 0 Å². The lowest BCUT2D eigenvalue weighted by Gasteiger charge is -2.27. The van der Waals surface area contributed by atoms with Crippen LogP contribution in [0.15, 0.2) is 128 Å². The smallest absolute Gasteiger partial charge is 0.233 e. The Morgan fingerprint density at radius 2 is 1.17 bits per heavy atom. The normalized spacial score (nSPS) is 12.2. The number of methoxy groups -OCH3 is 2. The first-order valence-corrected chi connectivity index (χ1v) is 16.2. The van der Waals surface area contributed by atoms with Crippen LogP contribution in [0.3, 0.4) is 0 Å². The van der Waals surface area contributed by atoms with Crippen LogP contribution < -0.4 is 20.1 Å². The Bertz CT molecular complexity index is 2030. The molecule has 2 unspecified atom stereocenters. The largest absolute Gasteiger partial charge is 0.496 e. The minimum absolute atomic E-state index is 0.398. The quantitative estimate of drug-likeness (QED) is 0.134. The molecule has 242 valence electrons. The Labute approximate surface area is 292 Å². The highest BCUT2D eigenvalue weighted by molar-refractivity contribution is 9.10. The molecule has 0 spiro atoms. The van der Waals surface area contributed by atoms with Crippen molar-refractivity contribution < 1.29 is 27.9 Å². The fourth-order valence-corrected chi connectivity index (χ4v) is 6.12. The SMILES string of the molecule is COc1cc(NC(=O)C(c2ccc(Br)cc2)C(C(=O)Nc2ccc(-c3cnco3)c(OC)c2)c2cccc(Br)c2)ccc1-c1cnco1. The number of amides is 2. The minimum atomic E-state index is -0.959. The molecule has 0 saturated heterocycles. The molecule has 6 rings (SSSR count). The van der Waals surface area contributed by atoms with E-state index in [1.54, 1.807) is 48.8 Å². The maximum atomic E-state index is 14.4. The molecule has 4 aromatic carbocycles. The van der Waals surface area contributed by atoms with Gasteiger partial charge in [-0.25, -0.2) is 9.97 Å². The van der Waals surface area contributed by atoms with Gasteiger partial charge in [0.1, 0.15) is 11.5 Å². The van der Waals surface area contributed by atoms with Crippen LogP contribution in [0.1, 0.15) is 23.0 Å². The first-order valence-electron chi connectivity index (χ1n) is 14.6. The molecule has 0 radical (unpaired) electrons. The van der Waals surface area contributed by atoms with E-state index in [2.05, 4.69) is 52.5 Å². The van der Waals surface area contributed by atoms with Gasteiger partial charge in [0.15, 0.2) is 24.3 Å². The number of anilines is 2. The number of nitrogens with zero attached hydrogens (tertiary/aromatic N) is 2. The first-order chi connectivity index (χ1) is 23.3. The summed E-state index contributed by atoms with van der Waals surface area (Å²) in [6, 6.07) is 25.1. The van der Waals surface area contributed by atoms with Gasteiger partial charge >= 0.3 is 0 Å². The number of hydrogen-bond acceptors (Lipinski definition) is 8. The fourth-order valence-electron chi connectivity index (χ4n) is 5.44. The number of nitrogens with one attached hydrogen (secondary N) is 2. The fraction of sp³-hybridized carbons (Fsp3) is 0.111. The number of carbonyl (C=O) groups is 2. The molecule has 2 N–H and O–H groups in total. The average Bonchev–Trinajstić information content (AvgIpc) is 3.83. The summed E-state index contributed by atoms with van der Waals surface area (Å²) in [5.41, 5.74) is 3.57. The van der Waals surface area contributed by atoms with Crippen molar-refractivity contribution in [2.75, 3.05) is 24.9 Å². The van der Waals surface area contributed by atoms with Crippen LogP contribution in [0.2, 0.25) is 0 Å². The molecular formula is C36H28Br2N4O6. The van der Waals surface area contributed by atoms with Crippen molar-refractivity contribution in [1.29, 1.82) is 0 Å². The highest BCUT2D eigenvalue weighted by Gasteiger charge is 2.37. The van der Waals surface area contributed by atoms with Gasteiger partial charge < -0.3 is 28.9 Å². The molecule has 6 aromatic rings. The molecule has 0 aliphatic carbocycles. The van der Waals surface area contributed by atoms with Gasteiger partial charge in [0.25, 0.3) is 0 Å². The maximum absolute atomic E-state index is 14.4. The average molecular weight is 772 g/mol. The molecule has 2 atom stereocenters. The van der Waals surface area contributed by atoms with Gasteiger partial charge in [0, 0.05) is 32.5 Å². The zero-order valence-electron chi connectivity index (χ0n) is 25.6. The number of halogens is 2. The number of carbonyl (C=O) groups excluding carboxylic acids is 2. The van der Waals surface area contributed by atoms with Gasteiger partial charge in [-0.3, -0.25) is 9.59 Å². The molecule has 12 heteroatoms. The van der Waals surface area contributed by atoms with E-state index in [-0.39, 0.29) is 0 Å². The highest BCUT2D eigenvalue weighted by atomic mass is 79.9. The number of aromatic nitrogens is 2. The summed E-state index contributed by atoms with van der Waals surface area (Å²) in [5, 5.41) is 6.05. The molecule has 10 nitrogen and oxygen atoms in total.